The summed E-state index contributed by atoms with van der Waals surface area (Å²) in [7, 11) is 0. The van der Waals surface area contributed by atoms with Gasteiger partial charge < -0.3 is 0 Å². The molecule has 0 unspecified atom stereocenters. The molecule has 0 aromatic rings. The minimum atomic E-state index is 0.872. The maximum Gasteiger partial charge on any atom is -0.0100 e. The van der Waals surface area contributed by atoms with E-state index in [2.05, 4.69) is 25.8 Å². The predicted molar refractivity (Wildman–Crippen MR) is 57.0 cm³/mol. The van der Waals surface area contributed by atoms with Crippen LogP contribution < -0.4 is 0 Å². The van der Waals surface area contributed by atoms with Gasteiger partial charge in [0.15, 0.2) is 0 Å². The topological polar surface area (TPSA) is 0 Å². The van der Waals surface area contributed by atoms with Crippen molar-refractivity contribution in [2.24, 2.45) is 0 Å². The highest BCUT2D eigenvalue weighted by molar-refractivity contribution is 5.22. The Morgan fingerprint density at radius 3 is 2.42 bits per heavy atom. The van der Waals surface area contributed by atoms with Gasteiger partial charge in [-0.15, -0.1) is 0 Å². The Balaban J connectivity index is 3.78. The molecular formula is C12H16. The second-order valence-electron chi connectivity index (χ2n) is 2.71. The van der Waals surface area contributed by atoms with Gasteiger partial charge in [-0.05, 0) is 13.3 Å². The fourth-order valence-corrected chi connectivity index (χ4v) is 0.684. The van der Waals surface area contributed by atoms with Crippen LogP contribution in [0.3, 0.4) is 0 Å². The van der Waals surface area contributed by atoms with Crippen molar-refractivity contribution in [3.8, 4) is 0 Å². The summed E-state index contributed by atoms with van der Waals surface area (Å²) in [4.78, 5) is 0. The van der Waals surface area contributed by atoms with Crippen molar-refractivity contribution in [3.05, 3.63) is 61.3 Å². The summed E-state index contributed by atoms with van der Waals surface area (Å²) in [5.74, 6) is 0. The van der Waals surface area contributed by atoms with E-state index in [1.165, 1.54) is 0 Å². The fraction of sp³-hybridized carbons (Fsp3) is 0.167. The van der Waals surface area contributed by atoms with Crippen molar-refractivity contribution < 1.29 is 0 Å². The molecule has 0 aliphatic rings. The highest BCUT2D eigenvalue weighted by Gasteiger charge is 1.82. The fourth-order valence-electron chi connectivity index (χ4n) is 0.684. The lowest BCUT2D eigenvalue weighted by Gasteiger charge is -1.91. The van der Waals surface area contributed by atoms with E-state index in [1.54, 1.807) is 6.08 Å². The van der Waals surface area contributed by atoms with Gasteiger partial charge in [-0.2, -0.15) is 0 Å². The zero-order chi connectivity index (χ0) is 9.40. The number of rotatable bonds is 5. The van der Waals surface area contributed by atoms with E-state index in [-0.39, 0.29) is 0 Å². The molecule has 0 nitrogen and oxygen atoms in total. The van der Waals surface area contributed by atoms with Crippen LogP contribution in [0.4, 0.5) is 0 Å². The molecule has 0 N–H and O–H groups in total. The lowest BCUT2D eigenvalue weighted by Crippen LogP contribution is -1.71. The first-order chi connectivity index (χ1) is 5.66. The van der Waals surface area contributed by atoms with Gasteiger partial charge >= 0.3 is 0 Å². The largest absolute Gasteiger partial charge is 0.0991 e. The first-order valence-electron chi connectivity index (χ1n) is 3.95. The molecular weight excluding hydrogens is 144 g/mol. The second kappa shape index (κ2) is 6.41. The van der Waals surface area contributed by atoms with E-state index in [4.69, 9.17) is 0 Å². The normalized spacial score (nSPS) is 10.8. The van der Waals surface area contributed by atoms with Crippen LogP contribution in [0.5, 0.6) is 0 Å². The van der Waals surface area contributed by atoms with Gasteiger partial charge in [0.1, 0.15) is 0 Å². The Bertz CT molecular complexity index is 226. The van der Waals surface area contributed by atoms with E-state index >= 15 is 0 Å². The van der Waals surface area contributed by atoms with Gasteiger partial charge in [0.05, 0.1) is 0 Å². The molecule has 0 heteroatoms. The third kappa shape index (κ3) is 6.81. The quantitative estimate of drug-likeness (QED) is 0.536. The number of hydrogen-bond acceptors (Lipinski definition) is 0. The molecule has 0 fully saturated rings. The standard InChI is InChI=1S/C12H16/c1-5-6-9-12(4)10-7-8-11(2)3/h5-9H,1-2,4,10H2,3H3. The molecule has 12 heavy (non-hydrogen) atoms. The Morgan fingerprint density at radius 1 is 1.25 bits per heavy atom. The van der Waals surface area contributed by atoms with Crippen molar-refractivity contribution in [1.29, 1.82) is 0 Å². The summed E-state index contributed by atoms with van der Waals surface area (Å²) < 4.78 is 0. The van der Waals surface area contributed by atoms with Crippen LogP contribution in [-0.4, -0.2) is 0 Å². The van der Waals surface area contributed by atoms with E-state index in [0.717, 1.165) is 17.6 Å². The van der Waals surface area contributed by atoms with E-state index < -0.39 is 0 Å². The summed E-state index contributed by atoms with van der Waals surface area (Å²) in [5, 5.41) is 0. The number of allylic oxidation sites excluding steroid dienone is 7. The van der Waals surface area contributed by atoms with Crippen molar-refractivity contribution in [1.82, 2.24) is 0 Å². The van der Waals surface area contributed by atoms with Gasteiger partial charge in [0.2, 0.25) is 0 Å². The summed E-state index contributed by atoms with van der Waals surface area (Å²) in [6.07, 6.45) is 10.5. The number of hydrogen-bond donors (Lipinski definition) is 0. The van der Waals surface area contributed by atoms with E-state index in [1.807, 2.05) is 25.2 Å². The summed E-state index contributed by atoms with van der Waals surface area (Å²) in [6.45, 7) is 13.2. The highest BCUT2D eigenvalue weighted by Crippen LogP contribution is 2.02. The molecule has 0 atom stereocenters. The molecule has 0 bridgehead atoms. The molecule has 0 aliphatic heterocycles. The lowest BCUT2D eigenvalue weighted by atomic mass is 10.2. The zero-order valence-corrected chi connectivity index (χ0v) is 7.72. The van der Waals surface area contributed by atoms with Crippen LogP contribution in [-0.2, 0) is 0 Å². The zero-order valence-electron chi connectivity index (χ0n) is 7.72. The first kappa shape index (κ1) is 10.7. The minimum absolute atomic E-state index is 0.872. The van der Waals surface area contributed by atoms with Crippen LogP contribution in [0, 0.1) is 0 Å². The van der Waals surface area contributed by atoms with E-state index in [9.17, 15) is 0 Å². The molecule has 0 radical (unpaired) electrons. The summed E-state index contributed by atoms with van der Waals surface area (Å²) in [6, 6.07) is 0. The maximum absolute atomic E-state index is 3.87. The van der Waals surface area contributed by atoms with Gasteiger partial charge in [-0.25, -0.2) is 0 Å². The van der Waals surface area contributed by atoms with Crippen LogP contribution >= 0.6 is 0 Å². The van der Waals surface area contributed by atoms with E-state index in [0.29, 0.717) is 0 Å². The van der Waals surface area contributed by atoms with Crippen LogP contribution in [0.15, 0.2) is 61.3 Å². The predicted octanol–water partition coefficient (Wildman–Crippen LogP) is 3.81. The third-order valence-electron chi connectivity index (χ3n) is 1.25. The van der Waals surface area contributed by atoms with Crippen molar-refractivity contribution >= 4 is 0 Å². The monoisotopic (exact) mass is 160 g/mol. The third-order valence-corrected chi connectivity index (χ3v) is 1.25. The highest BCUT2D eigenvalue weighted by atomic mass is 13.9. The SMILES string of the molecule is C=CC=CC(=C)CC=CC(=C)C. The first-order valence-corrected chi connectivity index (χ1v) is 3.95. The maximum atomic E-state index is 3.87. The van der Waals surface area contributed by atoms with Crippen LogP contribution in [0.1, 0.15) is 13.3 Å². The Morgan fingerprint density at radius 2 is 1.92 bits per heavy atom. The molecule has 0 heterocycles. The lowest BCUT2D eigenvalue weighted by molar-refractivity contribution is 1.29. The van der Waals surface area contributed by atoms with Gasteiger partial charge in [-0.1, -0.05) is 61.3 Å². The van der Waals surface area contributed by atoms with Crippen molar-refractivity contribution in [2.75, 3.05) is 0 Å². The summed E-state index contributed by atoms with van der Waals surface area (Å²) in [5.41, 5.74) is 2.14. The molecule has 64 valence electrons. The molecule has 0 saturated heterocycles. The molecule has 0 aromatic heterocycles. The van der Waals surface area contributed by atoms with Crippen molar-refractivity contribution in [3.63, 3.8) is 0 Å². The van der Waals surface area contributed by atoms with Crippen LogP contribution in [0.2, 0.25) is 0 Å². The smallest absolute Gasteiger partial charge is 0.0100 e. The van der Waals surface area contributed by atoms with Gasteiger partial charge in [0, 0.05) is 0 Å². The average Bonchev–Trinajstić information content (AvgIpc) is 2.00. The van der Waals surface area contributed by atoms with Gasteiger partial charge in [-0.3, -0.25) is 0 Å². The molecule has 0 aromatic carbocycles. The van der Waals surface area contributed by atoms with Crippen molar-refractivity contribution in [2.45, 2.75) is 13.3 Å². The van der Waals surface area contributed by atoms with Gasteiger partial charge in [0.25, 0.3) is 0 Å². The average molecular weight is 160 g/mol. The molecule has 0 saturated carbocycles. The Hall–Kier alpha value is -1.30. The Labute approximate surface area is 75.3 Å². The molecule has 0 aliphatic carbocycles. The molecule has 0 spiro atoms. The summed E-state index contributed by atoms with van der Waals surface area (Å²) >= 11 is 0. The second-order valence-corrected chi connectivity index (χ2v) is 2.71. The molecule has 0 amide bonds. The van der Waals surface area contributed by atoms with Crippen LogP contribution in [0.25, 0.3) is 0 Å². The minimum Gasteiger partial charge on any atom is -0.0991 e. The molecule has 0 rings (SSSR count). The Kier molecular flexibility index (Phi) is 5.72.